The van der Waals surface area contributed by atoms with Crippen molar-refractivity contribution in [3.05, 3.63) is 81.8 Å². The topological polar surface area (TPSA) is 91.4 Å². The number of amides is 1. The summed E-state index contributed by atoms with van der Waals surface area (Å²) in [6, 6.07) is 13.0. The third-order valence-corrected chi connectivity index (χ3v) is 6.29. The zero-order chi connectivity index (χ0) is 25.8. The second kappa shape index (κ2) is 10.8. The number of Topliss-reactive ketones (excluding diaryl/α,β-unsaturated/α-hetero) is 2. The molecule has 2 aromatic carbocycles. The van der Waals surface area contributed by atoms with Gasteiger partial charge in [0, 0.05) is 24.2 Å². The number of hydrogen-bond donors (Lipinski definition) is 0. The highest BCUT2D eigenvalue weighted by molar-refractivity contribution is 6.38. The number of rotatable bonds is 7. The first-order valence-electron chi connectivity index (χ1n) is 11.7. The maximum Gasteiger partial charge on any atom is 0.257 e. The van der Waals surface area contributed by atoms with E-state index in [1.54, 1.807) is 24.0 Å². The lowest BCUT2D eigenvalue weighted by atomic mass is 9.86. The van der Waals surface area contributed by atoms with E-state index in [4.69, 9.17) is 18.9 Å². The summed E-state index contributed by atoms with van der Waals surface area (Å²) in [7, 11) is 2.64. The molecule has 1 fully saturated rings. The smallest absolute Gasteiger partial charge is 0.257 e. The Balaban J connectivity index is 1.80. The van der Waals surface area contributed by atoms with E-state index in [9.17, 15) is 14.4 Å². The van der Waals surface area contributed by atoms with Crippen LogP contribution in [-0.2, 0) is 30.4 Å². The van der Waals surface area contributed by atoms with Gasteiger partial charge in [-0.1, -0.05) is 30.3 Å². The molecule has 188 valence electrons. The zero-order valence-electron chi connectivity index (χ0n) is 20.9. The van der Waals surface area contributed by atoms with Gasteiger partial charge in [-0.3, -0.25) is 14.4 Å². The molecule has 1 heterocycles. The summed E-state index contributed by atoms with van der Waals surface area (Å²) in [5.41, 5.74) is 2.78. The van der Waals surface area contributed by atoms with E-state index in [1.807, 2.05) is 37.3 Å². The van der Waals surface area contributed by atoms with E-state index in [0.717, 1.165) is 5.56 Å². The van der Waals surface area contributed by atoms with Crippen molar-refractivity contribution in [3.8, 4) is 5.75 Å². The lowest BCUT2D eigenvalue weighted by Gasteiger charge is -2.28. The first kappa shape index (κ1) is 25.2. The van der Waals surface area contributed by atoms with E-state index < -0.39 is 11.6 Å². The number of benzene rings is 2. The van der Waals surface area contributed by atoms with E-state index >= 15 is 0 Å². The van der Waals surface area contributed by atoms with Crippen LogP contribution in [-0.4, -0.2) is 62.9 Å². The summed E-state index contributed by atoms with van der Waals surface area (Å²) in [5, 5.41) is 0. The van der Waals surface area contributed by atoms with Gasteiger partial charge in [-0.15, -0.1) is 0 Å². The number of hydrogen-bond acceptors (Lipinski definition) is 7. The predicted octanol–water partition coefficient (Wildman–Crippen LogP) is 3.48. The van der Waals surface area contributed by atoms with Crippen LogP contribution in [0.5, 0.6) is 5.75 Å². The van der Waals surface area contributed by atoms with Crippen molar-refractivity contribution in [3.63, 3.8) is 0 Å². The molecule has 2 aromatic rings. The van der Waals surface area contributed by atoms with Crippen LogP contribution >= 0.6 is 0 Å². The monoisotopic (exact) mass is 491 g/mol. The van der Waals surface area contributed by atoms with E-state index in [0.29, 0.717) is 48.7 Å². The quantitative estimate of drug-likeness (QED) is 0.548. The van der Waals surface area contributed by atoms with Gasteiger partial charge >= 0.3 is 0 Å². The third kappa shape index (κ3) is 4.77. The molecule has 1 aliphatic carbocycles. The van der Waals surface area contributed by atoms with Crippen LogP contribution in [0.2, 0.25) is 0 Å². The molecular weight excluding hydrogens is 462 g/mol. The van der Waals surface area contributed by atoms with Gasteiger partial charge in [-0.05, 0) is 42.7 Å². The highest BCUT2D eigenvalue weighted by Gasteiger charge is 2.36. The molecule has 8 nitrogen and oxygen atoms in total. The molecule has 1 amide bonds. The minimum absolute atomic E-state index is 0.132. The lowest BCUT2D eigenvalue weighted by Crippen LogP contribution is -2.41. The van der Waals surface area contributed by atoms with Crippen molar-refractivity contribution < 1.29 is 33.3 Å². The molecule has 1 aliphatic heterocycles. The highest BCUT2D eigenvalue weighted by Crippen LogP contribution is 2.36. The molecule has 1 saturated heterocycles. The maximum absolute atomic E-state index is 13.6. The molecule has 0 bridgehead atoms. The number of ether oxygens (including phenoxy) is 4. The number of carbonyl (C=O) groups is 3. The van der Waals surface area contributed by atoms with Gasteiger partial charge in [0.15, 0.2) is 0 Å². The summed E-state index contributed by atoms with van der Waals surface area (Å²) in [4.78, 5) is 41.6. The molecular formula is C28H29NO7. The van der Waals surface area contributed by atoms with E-state index in [1.165, 1.54) is 14.2 Å². The van der Waals surface area contributed by atoms with Crippen LogP contribution in [0, 0.1) is 6.92 Å². The SMILES string of the molecule is COC1=C(OC)C(=O)C(c2cc(C)c(OCc3ccccc3)c(C(=O)N3CCOCC3)c2)=C(C)C1=O. The summed E-state index contributed by atoms with van der Waals surface area (Å²) >= 11 is 0. The molecule has 8 heteroatoms. The van der Waals surface area contributed by atoms with Crippen molar-refractivity contribution in [2.75, 3.05) is 40.5 Å². The van der Waals surface area contributed by atoms with Crippen LogP contribution < -0.4 is 4.74 Å². The number of carbonyl (C=O) groups excluding carboxylic acids is 3. The van der Waals surface area contributed by atoms with Crippen LogP contribution in [0.25, 0.3) is 5.57 Å². The Hall–Kier alpha value is -3.91. The van der Waals surface area contributed by atoms with Gasteiger partial charge in [-0.2, -0.15) is 0 Å². The lowest BCUT2D eigenvalue weighted by molar-refractivity contribution is -0.119. The Morgan fingerprint density at radius 3 is 2.22 bits per heavy atom. The van der Waals surface area contributed by atoms with E-state index in [2.05, 4.69) is 0 Å². The van der Waals surface area contributed by atoms with Crippen molar-refractivity contribution in [1.29, 1.82) is 0 Å². The third-order valence-electron chi connectivity index (χ3n) is 6.29. The van der Waals surface area contributed by atoms with Gasteiger partial charge in [0.1, 0.15) is 12.4 Å². The predicted molar refractivity (Wildman–Crippen MR) is 132 cm³/mol. The van der Waals surface area contributed by atoms with Gasteiger partial charge in [0.25, 0.3) is 5.91 Å². The second-order valence-electron chi connectivity index (χ2n) is 8.57. The van der Waals surface area contributed by atoms with Gasteiger partial charge in [0.05, 0.1) is 33.0 Å². The van der Waals surface area contributed by atoms with Gasteiger partial charge in [0.2, 0.25) is 23.1 Å². The number of nitrogens with zero attached hydrogens (tertiary/aromatic N) is 1. The van der Waals surface area contributed by atoms with Crippen LogP contribution in [0.1, 0.15) is 34.0 Å². The normalized spacial score (nSPS) is 16.4. The Labute approximate surface area is 210 Å². The molecule has 0 saturated carbocycles. The summed E-state index contributed by atoms with van der Waals surface area (Å²) in [5.74, 6) is -0.994. The highest BCUT2D eigenvalue weighted by atomic mass is 16.5. The van der Waals surface area contributed by atoms with E-state index in [-0.39, 0.29) is 35.2 Å². The average Bonchev–Trinajstić information content (AvgIpc) is 2.90. The zero-order valence-corrected chi connectivity index (χ0v) is 20.9. The van der Waals surface area contributed by atoms with Crippen molar-refractivity contribution >= 4 is 23.0 Å². The average molecular weight is 492 g/mol. The number of morpholine rings is 1. The minimum Gasteiger partial charge on any atom is -0.489 e. The summed E-state index contributed by atoms with van der Waals surface area (Å²) < 4.78 is 21.9. The Morgan fingerprint density at radius 2 is 1.58 bits per heavy atom. The number of ketones is 2. The standard InChI is InChI=1S/C28H29NO7/c1-17-14-20(22-18(2)23(30)26(33-3)27(34-4)24(22)31)15-21(28(32)29-10-12-35-13-11-29)25(17)36-16-19-8-6-5-7-9-19/h5-9,14-15H,10-13,16H2,1-4H3. The number of aryl methyl sites for hydroxylation is 1. The largest absolute Gasteiger partial charge is 0.489 e. The fourth-order valence-electron chi connectivity index (χ4n) is 4.43. The molecule has 0 radical (unpaired) electrons. The molecule has 4 rings (SSSR count). The second-order valence-corrected chi connectivity index (χ2v) is 8.57. The van der Waals surface area contributed by atoms with Crippen molar-refractivity contribution in [1.82, 2.24) is 4.90 Å². The maximum atomic E-state index is 13.6. The van der Waals surface area contributed by atoms with Crippen LogP contribution in [0.15, 0.2) is 59.6 Å². The summed E-state index contributed by atoms with van der Waals surface area (Å²) in [6.45, 7) is 5.46. The molecule has 36 heavy (non-hydrogen) atoms. The van der Waals surface area contributed by atoms with Gasteiger partial charge < -0.3 is 23.8 Å². The molecule has 0 aromatic heterocycles. The molecule has 0 unspecified atom stereocenters. The van der Waals surface area contributed by atoms with Crippen LogP contribution in [0.4, 0.5) is 0 Å². The molecule has 2 aliphatic rings. The Morgan fingerprint density at radius 1 is 0.944 bits per heavy atom. The fraction of sp³-hybridized carbons (Fsp3) is 0.321. The first-order valence-corrected chi connectivity index (χ1v) is 11.7. The van der Waals surface area contributed by atoms with Crippen molar-refractivity contribution in [2.45, 2.75) is 20.5 Å². The Bertz CT molecular complexity index is 1250. The minimum atomic E-state index is -0.478. The fourth-order valence-corrected chi connectivity index (χ4v) is 4.43. The molecule has 0 N–H and O–H groups in total. The van der Waals surface area contributed by atoms with Crippen molar-refractivity contribution in [2.24, 2.45) is 0 Å². The Kier molecular flexibility index (Phi) is 7.55. The molecule has 0 atom stereocenters. The summed E-state index contributed by atoms with van der Waals surface area (Å²) in [6.07, 6.45) is 0. The number of allylic oxidation sites excluding steroid dienone is 2. The van der Waals surface area contributed by atoms with Crippen LogP contribution in [0.3, 0.4) is 0 Å². The van der Waals surface area contributed by atoms with Gasteiger partial charge in [-0.25, -0.2) is 0 Å². The number of methoxy groups -OCH3 is 2. The first-order chi connectivity index (χ1) is 17.4. The molecule has 0 spiro atoms.